The van der Waals surface area contributed by atoms with Gasteiger partial charge in [-0.1, -0.05) is 18.5 Å². The summed E-state index contributed by atoms with van der Waals surface area (Å²) in [6.07, 6.45) is 4.34. The van der Waals surface area contributed by atoms with Crippen molar-refractivity contribution in [2.24, 2.45) is 0 Å². The number of methoxy groups -OCH3 is 1. The molecule has 0 aliphatic carbocycles. The summed E-state index contributed by atoms with van der Waals surface area (Å²) in [5.74, 6) is 0.710. The van der Waals surface area contributed by atoms with E-state index in [0.29, 0.717) is 10.8 Å². The molecule has 0 bridgehead atoms. The maximum absolute atomic E-state index is 12.5. The number of hydrogen-bond donors (Lipinski definition) is 0. The van der Waals surface area contributed by atoms with E-state index in [0.717, 1.165) is 50.4 Å². The first-order valence-corrected chi connectivity index (χ1v) is 10.3. The van der Waals surface area contributed by atoms with E-state index in [2.05, 4.69) is 22.2 Å². The highest BCUT2D eigenvalue weighted by Crippen LogP contribution is 2.24. The summed E-state index contributed by atoms with van der Waals surface area (Å²) in [5, 5.41) is 3.93. The van der Waals surface area contributed by atoms with Crippen LogP contribution in [0.1, 0.15) is 23.2 Å². The van der Waals surface area contributed by atoms with E-state index in [1.165, 1.54) is 5.01 Å². The molecular weight excluding hydrogens is 382 g/mol. The molecule has 7 heteroatoms. The van der Waals surface area contributed by atoms with Gasteiger partial charge in [-0.2, -0.15) is 0 Å². The first-order valence-electron chi connectivity index (χ1n) is 9.05. The number of piperazine rings is 1. The molecule has 3 rings (SSSR count). The van der Waals surface area contributed by atoms with Crippen molar-refractivity contribution in [3.63, 3.8) is 0 Å². The van der Waals surface area contributed by atoms with Crippen LogP contribution in [0.4, 0.5) is 0 Å². The van der Waals surface area contributed by atoms with Crippen LogP contribution in [-0.2, 0) is 17.8 Å². The second-order valence-corrected chi connectivity index (χ2v) is 7.79. The van der Waals surface area contributed by atoms with Gasteiger partial charge in [-0.3, -0.25) is 9.69 Å². The molecule has 0 atom stereocenters. The smallest absolute Gasteiger partial charge is 0.246 e. The molecule has 5 nitrogen and oxygen atoms in total. The molecule has 1 aromatic carbocycles. The van der Waals surface area contributed by atoms with Crippen LogP contribution in [0, 0.1) is 0 Å². The molecule has 1 aliphatic heterocycles. The van der Waals surface area contributed by atoms with Gasteiger partial charge in [-0.05, 0) is 30.7 Å². The Balaban J connectivity index is 1.53. The highest BCUT2D eigenvalue weighted by atomic mass is 35.5. The summed E-state index contributed by atoms with van der Waals surface area (Å²) in [6.45, 7) is 6.15. The van der Waals surface area contributed by atoms with Gasteiger partial charge >= 0.3 is 0 Å². The molecule has 1 saturated heterocycles. The summed E-state index contributed by atoms with van der Waals surface area (Å²) in [4.78, 5) is 21.4. The van der Waals surface area contributed by atoms with Crippen molar-refractivity contribution in [1.82, 2.24) is 14.8 Å². The van der Waals surface area contributed by atoms with Gasteiger partial charge in [0.15, 0.2) is 0 Å². The summed E-state index contributed by atoms with van der Waals surface area (Å²) in [5.41, 5.74) is 1.93. The van der Waals surface area contributed by atoms with Gasteiger partial charge in [-0.15, -0.1) is 11.3 Å². The monoisotopic (exact) mass is 405 g/mol. The molecule has 1 aromatic heterocycles. The predicted molar refractivity (Wildman–Crippen MR) is 110 cm³/mol. The van der Waals surface area contributed by atoms with Gasteiger partial charge in [0.2, 0.25) is 5.91 Å². The number of rotatable bonds is 6. The normalized spacial score (nSPS) is 15.4. The molecule has 1 amide bonds. The van der Waals surface area contributed by atoms with Crippen molar-refractivity contribution in [2.75, 3.05) is 33.3 Å². The Kier molecular flexibility index (Phi) is 6.88. The highest BCUT2D eigenvalue weighted by Gasteiger charge is 2.20. The lowest BCUT2D eigenvalue weighted by Gasteiger charge is -2.33. The number of aryl methyl sites for hydroxylation is 1. The molecule has 2 aromatic rings. The number of benzene rings is 1. The molecule has 0 spiro atoms. The van der Waals surface area contributed by atoms with Crippen LogP contribution in [0.15, 0.2) is 29.7 Å². The lowest BCUT2D eigenvalue weighted by Crippen LogP contribution is -2.47. The number of amides is 1. The van der Waals surface area contributed by atoms with E-state index in [4.69, 9.17) is 16.3 Å². The molecule has 1 aliphatic rings. The molecule has 27 heavy (non-hydrogen) atoms. The first kappa shape index (κ1) is 19.9. The molecule has 0 saturated carbocycles. The molecule has 144 valence electrons. The maximum Gasteiger partial charge on any atom is 0.246 e. The number of hydrogen-bond acceptors (Lipinski definition) is 5. The number of nitrogens with zero attached hydrogens (tertiary/aromatic N) is 3. The first-order chi connectivity index (χ1) is 13.1. The lowest BCUT2D eigenvalue weighted by atomic mass is 10.2. The van der Waals surface area contributed by atoms with E-state index in [1.807, 2.05) is 4.90 Å². The Hall–Kier alpha value is -1.89. The van der Waals surface area contributed by atoms with Gasteiger partial charge in [-0.25, -0.2) is 4.98 Å². The zero-order chi connectivity index (χ0) is 19.2. The molecular formula is C20H24ClN3O2S. The van der Waals surface area contributed by atoms with Crippen molar-refractivity contribution < 1.29 is 9.53 Å². The number of carbonyl (C=O) groups is 1. The lowest BCUT2D eigenvalue weighted by molar-refractivity contribution is -0.127. The SMILES string of the molecule is CCc1nc(CN2CCN(C(=O)/C=C/c3cc(Cl)ccc3OC)CC2)cs1. The van der Waals surface area contributed by atoms with Crippen molar-refractivity contribution >= 4 is 34.9 Å². The number of thiazole rings is 1. The molecule has 2 heterocycles. The fourth-order valence-corrected chi connectivity index (χ4v) is 3.96. The Morgan fingerprint density at radius 3 is 2.78 bits per heavy atom. The summed E-state index contributed by atoms with van der Waals surface area (Å²) < 4.78 is 5.31. The standard InChI is InChI=1S/C20H24ClN3O2S/c1-3-19-22-17(14-27-19)13-23-8-10-24(11-9-23)20(25)7-4-15-12-16(21)5-6-18(15)26-2/h4-7,12,14H,3,8-11,13H2,1-2H3/b7-4+. The Labute approximate surface area is 169 Å². The van der Waals surface area contributed by atoms with Crippen molar-refractivity contribution in [2.45, 2.75) is 19.9 Å². The van der Waals surface area contributed by atoms with Crippen LogP contribution in [0.25, 0.3) is 6.08 Å². The van der Waals surface area contributed by atoms with E-state index in [9.17, 15) is 4.79 Å². The maximum atomic E-state index is 12.5. The minimum atomic E-state index is 0.0126. The number of halogens is 1. The summed E-state index contributed by atoms with van der Waals surface area (Å²) >= 11 is 7.76. The van der Waals surface area contributed by atoms with Crippen molar-refractivity contribution in [3.8, 4) is 5.75 Å². The van der Waals surface area contributed by atoms with E-state index in [-0.39, 0.29) is 5.91 Å². The number of aromatic nitrogens is 1. The number of ether oxygens (including phenoxy) is 1. The quantitative estimate of drug-likeness (QED) is 0.687. The zero-order valence-corrected chi connectivity index (χ0v) is 17.2. The molecule has 0 unspecified atom stereocenters. The average Bonchev–Trinajstić information content (AvgIpc) is 3.14. The minimum absolute atomic E-state index is 0.0126. The van der Waals surface area contributed by atoms with Gasteiger partial charge in [0.1, 0.15) is 5.75 Å². The predicted octanol–water partition coefficient (Wildman–Crippen LogP) is 3.73. The minimum Gasteiger partial charge on any atom is -0.496 e. The molecule has 0 N–H and O–H groups in total. The molecule has 0 radical (unpaired) electrons. The fraction of sp³-hybridized carbons (Fsp3) is 0.400. The fourth-order valence-electron chi connectivity index (χ4n) is 3.04. The second kappa shape index (κ2) is 9.35. The Bertz CT molecular complexity index is 813. The number of carbonyl (C=O) groups excluding carboxylic acids is 1. The van der Waals surface area contributed by atoms with Gasteiger partial charge in [0.05, 0.1) is 17.8 Å². The third-order valence-electron chi connectivity index (χ3n) is 4.57. The van der Waals surface area contributed by atoms with Crippen LogP contribution < -0.4 is 4.74 Å². The zero-order valence-electron chi connectivity index (χ0n) is 15.7. The van der Waals surface area contributed by atoms with E-state index < -0.39 is 0 Å². The Morgan fingerprint density at radius 2 is 2.11 bits per heavy atom. The van der Waals surface area contributed by atoms with Gasteiger partial charge in [0, 0.05) is 54.8 Å². The van der Waals surface area contributed by atoms with Crippen LogP contribution in [0.3, 0.4) is 0 Å². The highest BCUT2D eigenvalue weighted by molar-refractivity contribution is 7.09. The van der Waals surface area contributed by atoms with Gasteiger partial charge in [0.25, 0.3) is 0 Å². The second-order valence-electron chi connectivity index (χ2n) is 6.41. The van der Waals surface area contributed by atoms with Crippen LogP contribution in [-0.4, -0.2) is 54.0 Å². The van der Waals surface area contributed by atoms with E-state index >= 15 is 0 Å². The van der Waals surface area contributed by atoms with Crippen LogP contribution >= 0.6 is 22.9 Å². The topological polar surface area (TPSA) is 45.7 Å². The molecule has 1 fully saturated rings. The van der Waals surface area contributed by atoms with Crippen LogP contribution in [0.2, 0.25) is 5.02 Å². The van der Waals surface area contributed by atoms with E-state index in [1.54, 1.807) is 48.8 Å². The third-order valence-corrected chi connectivity index (χ3v) is 5.85. The van der Waals surface area contributed by atoms with Crippen molar-refractivity contribution in [3.05, 3.63) is 50.9 Å². The Morgan fingerprint density at radius 1 is 1.33 bits per heavy atom. The summed E-state index contributed by atoms with van der Waals surface area (Å²) in [7, 11) is 1.60. The average molecular weight is 406 g/mol. The van der Waals surface area contributed by atoms with Crippen molar-refractivity contribution in [1.29, 1.82) is 0 Å². The third kappa shape index (κ3) is 5.31. The largest absolute Gasteiger partial charge is 0.496 e. The summed E-state index contributed by atoms with van der Waals surface area (Å²) in [6, 6.07) is 5.36. The van der Waals surface area contributed by atoms with Crippen LogP contribution in [0.5, 0.6) is 5.75 Å². The van der Waals surface area contributed by atoms with Gasteiger partial charge < -0.3 is 9.64 Å².